The quantitative estimate of drug-likeness (QED) is 0.793. The fraction of sp³-hybridized carbons (Fsp3) is 0.429. The average molecular weight is 315 g/mol. The Morgan fingerprint density at radius 3 is 2.57 bits per heavy atom. The average Bonchev–Trinajstić information content (AvgIpc) is 2.30. The third-order valence-electron chi connectivity index (χ3n) is 2.44. The summed E-state index contributed by atoms with van der Waals surface area (Å²) in [6.07, 6.45) is -0.501. The van der Waals surface area contributed by atoms with Crippen molar-refractivity contribution in [3.8, 4) is 0 Å². The van der Waals surface area contributed by atoms with Crippen LogP contribution in [0.5, 0.6) is 0 Å². The molecule has 0 saturated carbocycles. The number of hydrogen-bond acceptors (Lipinski definition) is 4. The highest BCUT2D eigenvalue weighted by molar-refractivity contribution is 6.33. The van der Waals surface area contributed by atoms with E-state index in [1.807, 2.05) is 0 Å². The van der Waals surface area contributed by atoms with E-state index in [0.29, 0.717) is 16.3 Å². The van der Waals surface area contributed by atoms with Crippen molar-refractivity contribution in [3.05, 3.63) is 28.8 Å². The maximum Gasteiger partial charge on any atom is 0.412 e. The normalized spacial score (nSPS) is 12.6. The Hall–Kier alpha value is -1.79. The van der Waals surface area contributed by atoms with Gasteiger partial charge in [0.05, 0.1) is 10.7 Å². The molecule has 1 atom stereocenters. The van der Waals surface area contributed by atoms with Crippen molar-refractivity contribution in [2.75, 3.05) is 5.32 Å². The molecule has 0 saturated heterocycles. The van der Waals surface area contributed by atoms with Crippen molar-refractivity contribution in [2.45, 2.75) is 38.8 Å². The standard InChI is InChI=1S/C14H19ClN2O4/c1-14(2,3)21-13(20)17-11-7-8(4-5-9(11)15)6-10(16)12(18)19/h4-5,7,10H,6,16H2,1-3H3,(H,17,20)(H,18,19). The molecule has 1 unspecified atom stereocenters. The first-order valence-electron chi connectivity index (χ1n) is 6.35. The van der Waals surface area contributed by atoms with Gasteiger partial charge >= 0.3 is 12.1 Å². The third kappa shape index (κ3) is 6.01. The second-order valence-corrected chi connectivity index (χ2v) is 6.00. The summed E-state index contributed by atoms with van der Waals surface area (Å²) >= 11 is 5.99. The molecule has 1 rings (SSSR count). The van der Waals surface area contributed by atoms with Gasteiger partial charge in [-0.3, -0.25) is 10.1 Å². The van der Waals surface area contributed by atoms with Crippen LogP contribution in [-0.2, 0) is 16.0 Å². The Kier molecular flexibility index (Phi) is 5.57. The number of aliphatic carboxylic acids is 1. The molecule has 0 aliphatic carbocycles. The first-order valence-corrected chi connectivity index (χ1v) is 6.73. The van der Waals surface area contributed by atoms with E-state index in [-0.39, 0.29) is 6.42 Å². The second kappa shape index (κ2) is 6.78. The van der Waals surface area contributed by atoms with E-state index < -0.39 is 23.7 Å². The molecule has 1 aromatic carbocycles. The Bertz CT molecular complexity index is 540. The molecule has 0 heterocycles. The first-order chi connectivity index (χ1) is 9.58. The first kappa shape index (κ1) is 17.3. The lowest BCUT2D eigenvalue weighted by molar-refractivity contribution is -0.138. The third-order valence-corrected chi connectivity index (χ3v) is 2.77. The van der Waals surface area contributed by atoms with Gasteiger partial charge in [0, 0.05) is 0 Å². The molecule has 21 heavy (non-hydrogen) atoms. The van der Waals surface area contributed by atoms with Crippen molar-refractivity contribution in [1.82, 2.24) is 0 Å². The molecule has 1 amide bonds. The van der Waals surface area contributed by atoms with Crippen LogP contribution in [0.15, 0.2) is 18.2 Å². The molecule has 7 heteroatoms. The lowest BCUT2D eigenvalue weighted by atomic mass is 10.1. The summed E-state index contributed by atoms with van der Waals surface area (Å²) in [5, 5.41) is 11.7. The number of rotatable bonds is 4. The molecule has 0 radical (unpaired) electrons. The van der Waals surface area contributed by atoms with E-state index in [0.717, 1.165) is 0 Å². The number of carboxylic acid groups (broad SMARTS) is 1. The van der Waals surface area contributed by atoms with E-state index in [9.17, 15) is 9.59 Å². The smallest absolute Gasteiger partial charge is 0.412 e. The van der Waals surface area contributed by atoms with Gasteiger partial charge in [-0.1, -0.05) is 17.7 Å². The van der Waals surface area contributed by atoms with E-state index in [1.54, 1.807) is 39.0 Å². The predicted molar refractivity (Wildman–Crippen MR) is 80.6 cm³/mol. The summed E-state index contributed by atoms with van der Waals surface area (Å²) in [6.45, 7) is 5.24. The van der Waals surface area contributed by atoms with Crippen LogP contribution in [0.4, 0.5) is 10.5 Å². The van der Waals surface area contributed by atoms with Gasteiger partial charge in [0.15, 0.2) is 0 Å². The molecule has 116 valence electrons. The van der Waals surface area contributed by atoms with Crippen LogP contribution in [-0.4, -0.2) is 28.8 Å². The van der Waals surface area contributed by atoms with Crippen LogP contribution in [0, 0.1) is 0 Å². The van der Waals surface area contributed by atoms with E-state index in [2.05, 4.69) is 5.32 Å². The molecule has 6 nitrogen and oxygen atoms in total. The van der Waals surface area contributed by atoms with Crippen LogP contribution >= 0.6 is 11.6 Å². The zero-order valence-electron chi connectivity index (χ0n) is 12.1. The minimum absolute atomic E-state index is 0.134. The molecule has 0 aliphatic rings. The van der Waals surface area contributed by atoms with Crippen molar-refractivity contribution in [1.29, 1.82) is 0 Å². The van der Waals surface area contributed by atoms with Gasteiger partial charge in [-0.2, -0.15) is 0 Å². The zero-order valence-corrected chi connectivity index (χ0v) is 12.9. The zero-order chi connectivity index (χ0) is 16.2. The van der Waals surface area contributed by atoms with Gasteiger partial charge in [-0.05, 0) is 44.9 Å². The number of amides is 1. The second-order valence-electron chi connectivity index (χ2n) is 5.59. The highest BCUT2D eigenvalue weighted by Crippen LogP contribution is 2.24. The SMILES string of the molecule is CC(C)(C)OC(=O)Nc1cc(CC(N)C(=O)O)ccc1Cl. The van der Waals surface area contributed by atoms with Crippen LogP contribution < -0.4 is 11.1 Å². The van der Waals surface area contributed by atoms with E-state index in [4.69, 9.17) is 27.2 Å². The highest BCUT2D eigenvalue weighted by Gasteiger charge is 2.18. The minimum atomic E-state index is -1.09. The molecule has 4 N–H and O–H groups in total. The molecular formula is C14H19ClN2O4. The molecular weight excluding hydrogens is 296 g/mol. The minimum Gasteiger partial charge on any atom is -0.480 e. The van der Waals surface area contributed by atoms with Crippen molar-refractivity contribution in [2.24, 2.45) is 5.73 Å². The maximum absolute atomic E-state index is 11.7. The number of nitrogens with one attached hydrogen (secondary N) is 1. The summed E-state index contributed by atoms with van der Waals surface area (Å²) < 4.78 is 5.13. The van der Waals surface area contributed by atoms with E-state index in [1.165, 1.54) is 0 Å². The fourth-order valence-electron chi connectivity index (χ4n) is 1.55. The number of benzene rings is 1. The number of nitrogens with two attached hydrogens (primary N) is 1. The summed E-state index contributed by atoms with van der Waals surface area (Å²) in [5.41, 5.74) is 5.85. The molecule has 0 aromatic heterocycles. The lowest BCUT2D eigenvalue weighted by Crippen LogP contribution is -2.32. The van der Waals surface area contributed by atoms with Crippen LogP contribution in [0.25, 0.3) is 0 Å². The van der Waals surface area contributed by atoms with Crippen LogP contribution in [0.1, 0.15) is 26.3 Å². The van der Waals surface area contributed by atoms with Gasteiger partial charge in [-0.25, -0.2) is 4.79 Å². The van der Waals surface area contributed by atoms with Crippen molar-refractivity contribution < 1.29 is 19.4 Å². The van der Waals surface area contributed by atoms with Gasteiger partial charge < -0.3 is 15.6 Å². The van der Waals surface area contributed by atoms with Crippen LogP contribution in [0.3, 0.4) is 0 Å². The number of halogens is 1. The van der Waals surface area contributed by atoms with Crippen molar-refractivity contribution in [3.63, 3.8) is 0 Å². The fourth-order valence-corrected chi connectivity index (χ4v) is 1.71. The highest BCUT2D eigenvalue weighted by atomic mass is 35.5. The van der Waals surface area contributed by atoms with Gasteiger partial charge in [-0.15, -0.1) is 0 Å². The topological polar surface area (TPSA) is 102 Å². The summed E-state index contributed by atoms with van der Waals surface area (Å²) in [7, 11) is 0. The number of anilines is 1. The maximum atomic E-state index is 11.7. The number of carbonyl (C=O) groups excluding carboxylic acids is 1. The monoisotopic (exact) mass is 314 g/mol. The Balaban J connectivity index is 2.83. The van der Waals surface area contributed by atoms with Gasteiger partial charge in [0.2, 0.25) is 0 Å². The van der Waals surface area contributed by atoms with E-state index >= 15 is 0 Å². The number of hydrogen-bond donors (Lipinski definition) is 3. The van der Waals surface area contributed by atoms with Crippen LogP contribution in [0.2, 0.25) is 5.02 Å². The van der Waals surface area contributed by atoms with Gasteiger partial charge in [0.25, 0.3) is 0 Å². The molecule has 1 aromatic rings. The number of carbonyl (C=O) groups is 2. The molecule has 0 spiro atoms. The summed E-state index contributed by atoms with van der Waals surface area (Å²) in [6, 6.07) is 3.79. The predicted octanol–water partition coefficient (Wildman–Crippen LogP) is 2.64. The Labute approximate surface area is 128 Å². The molecule has 0 bridgehead atoms. The summed E-state index contributed by atoms with van der Waals surface area (Å²) in [4.78, 5) is 22.5. The largest absolute Gasteiger partial charge is 0.480 e. The molecule has 0 aliphatic heterocycles. The Morgan fingerprint density at radius 1 is 1.43 bits per heavy atom. The lowest BCUT2D eigenvalue weighted by Gasteiger charge is -2.20. The van der Waals surface area contributed by atoms with Crippen molar-refractivity contribution >= 4 is 29.4 Å². The summed E-state index contributed by atoms with van der Waals surface area (Å²) in [5.74, 6) is -1.09. The Morgan fingerprint density at radius 2 is 2.05 bits per heavy atom. The van der Waals surface area contributed by atoms with Gasteiger partial charge in [0.1, 0.15) is 11.6 Å². The molecule has 0 fully saturated rings. The number of ether oxygens (including phenoxy) is 1. The number of carboxylic acids is 1.